The second-order valence-electron chi connectivity index (χ2n) is 5.48. The second kappa shape index (κ2) is 5.24. The van der Waals surface area contributed by atoms with E-state index in [2.05, 4.69) is 21.2 Å². The Kier molecular flexibility index (Phi) is 3.65. The average Bonchev–Trinajstić information content (AvgIpc) is 3.05. The maximum absolute atomic E-state index is 12.8. The summed E-state index contributed by atoms with van der Waals surface area (Å²) in [4.78, 5) is 27.3. The number of rotatable bonds is 3. The van der Waals surface area contributed by atoms with E-state index in [1.165, 1.54) is 16.2 Å². The number of halogens is 1. The van der Waals surface area contributed by atoms with Crippen molar-refractivity contribution < 1.29 is 14.0 Å². The number of amides is 3. The van der Waals surface area contributed by atoms with Crippen molar-refractivity contribution in [2.45, 2.75) is 32.9 Å². The molecule has 1 N–H and O–H groups in total. The molecule has 0 aromatic carbocycles. The fraction of sp³-hybridized carbons (Fsp3) is 0.333. The summed E-state index contributed by atoms with van der Waals surface area (Å²) in [6, 6.07) is 5.23. The lowest BCUT2D eigenvalue weighted by molar-refractivity contribution is -0.131. The van der Waals surface area contributed by atoms with Crippen LogP contribution in [-0.4, -0.2) is 16.8 Å². The van der Waals surface area contributed by atoms with E-state index in [9.17, 15) is 9.59 Å². The zero-order valence-electron chi connectivity index (χ0n) is 12.4. The summed E-state index contributed by atoms with van der Waals surface area (Å²) in [5, 5.41) is 2.80. The smallest absolute Gasteiger partial charge is 0.325 e. The molecule has 1 fully saturated rings. The van der Waals surface area contributed by atoms with Crippen molar-refractivity contribution in [3.8, 4) is 0 Å². The molecule has 3 amide bonds. The Morgan fingerprint density at radius 3 is 2.64 bits per heavy atom. The highest BCUT2D eigenvalue weighted by Gasteiger charge is 2.50. The van der Waals surface area contributed by atoms with E-state index in [0.717, 1.165) is 14.4 Å². The Labute approximate surface area is 140 Å². The van der Waals surface area contributed by atoms with Crippen LogP contribution in [0, 0.1) is 13.8 Å². The van der Waals surface area contributed by atoms with Crippen molar-refractivity contribution >= 4 is 39.2 Å². The molecule has 1 aliphatic rings. The quantitative estimate of drug-likeness (QED) is 0.823. The summed E-state index contributed by atoms with van der Waals surface area (Å²) in [5.41, 5.74) is -0.369. The Morgan fingerprint density at radius 1 is 1.36 bits per heavy atom. The lowest BCUT2D eigenvalue weighted by Crippen LogP contribution is -2.41. The van der Waals surface area contributed by atoms with Gasteiger partial charge in [-0.3, -0.25) is 9.69 Å². The summed E-state index contributed by atoms with van der Waals surface area (Å²) in [7, 11) is 0. The topological polar surface area (TPSA) is 62.6 Å². The molecule has 7 heteroatoms. The van der Waals surface area contributed by atoms with Crippen LogP contribution >= 0.6 is 27.3 Å². The van der Waals surface area contributed by atoms with Gasteiger partial charge in [-0.05, 0) is 54.9 Å². The zero-order valence-corrected chi connectivity index (χ0v) is 14.8. The van der Waals surface area contributed by atoms with Gasteiger partial charge in [0.1, 0.15) is 17.1 Å². The Balaban J connectivity index is 1.92. The van der Waals surface area contributed by atoms with E-state index in [4.69, 9.17) is 4.42 Å². The van der Waals surface area contributed by atoms with Crippen molar-refractivity contribution in [2.24, 2.45) is 0 Å². The van der Waals surface area contributed by atoms with Crippen molar-refractivity contribution in [2.75, 3.05) is 0 Å². The number of furan rings is 1. The third-order valence-electron chi connectivity index (χ3n) is 3.80. The molecular weight excluding hydrogens is 368 g/mol. The van der Waals surface area contributed by atoms with E-state index in [1.54, 1.807) is 19.9 Å². The molecule has 0 saturated carbocycles. The summed E-state index contributed by atoms with van der Waals surface area (Å²) >= 11 is 4.89. The molecule has 1 atom stereocenters. The minimum Gasteiger partial charge on any atom is -0.466 e. The SMILES string of the molecule is Cc1cc([C@]2(C)NC(=O)N(Cc3ccc(Br)s3)C2=O)c(C)o1. The molecule has 0 aliphatic carbocycles. The van der Waals surface area contributed by atoms with Crippen LogP contribution in [0.4, 0.5) is 4.79 Å². The number of nitrogens with zero attached hydrogens (tertiary/aromatic N) is 1. The zero-order chi connectivity index (χ0) is 16.1. The number of hydrogen-bond donors (Lipinski definition) is 1. The first-order valence-electron chi connectivity index (χ1n) is 6.77. The van der Waals surface area contributed by atoms with Crippen LogP contribution < -0.4 is 5.32 Å². The van der Waals surface area contributed by atoms with Crippen LogP contribution in [0.2, 0.25) is 0 Å². The van der Waals surface area contributed by atoms with Crippen molar-refractivity contribution in [1.82, 2.24) is 10.2 Å². The molecule has 0 unspecified atom stereocenters. The Hall–Kier alpha value is -1.60. The third kappa shape index (κ3) is 2.38. The molecule has 2 aromatic heterocycles. The molecule has 22 heavy (non-hydrogen) atoms. The largest absolute Gasteiger partial charge is 0.466 e. The minimum absolute atomic E-state index is 0.258. The number of nitrogens with one attached hydrogen (secondary N) is 1. The number of imide groups is 1. The van der Waals surface area contributed by atoms with Crippen molar-refractivity contribution in [1.29, 1.82) is 0 Å². The maximum atomic E-state index is 12.8. The van der Waals surface area contributed by atoms with Crippen molar-refractivity contribution in [3.05, 3.63) is 43.9 Å². The first-order valence-corrected chi connectivity index (χ1v) is 8.38. The molecule has 116 valence electrons. The fourth-order valence-electron chi connectivity index (χ4n) is 2.74. The van der Waals surface area contributed by atoms with Crippen LogP contribution in [-0.2, 0) is 16.9 Å². The monoisotopic (exact) mass is 382 g/mol. The van der Waals surface area contributed by atoms with E-state index >= 15 is 0 Å². The highest BCUT2D eigenvalue weighted by Crippen LogP contribution is 2.34. The van der Waals surface area contributed by atoms with Crippen LogP contribution in [0.1, 0.15) is 28.9 Å². The van der Waals surface area contributed by atoms with E-state index in [1.807, 2.05) is 19.1 Å². The van der Waals surface area contributed by atoms with Gasteiger partial charge in [0.2, 0.25) is 0 Å². The van der Waals surface area contributed by atoms with Crippen molar-refractivity contribution in [3.63, 3.8) is 0 Å². The molecule has 3 heterocycles. The molecule has 5 nitrogen and oxygen atoms in total. The van der Waals surface area contributed by atoms with Crippen LogP contribution in [0.3, 0.4) is 0 Å². The number of hydrogen-bond acceptors (Lipinski definition) is 4. The van der Waals surface area contributed by atoms with Crippen LogP contribution in [0.15, 0.2) is 26.4 Å². The van der Waals surface area contributed by atoms with Gasteiger partial charge in [-0.15, -0.1) is 11.3 Å². The number of carbonyl (C=O) groups is 2. The molecule has 0 radical (unpaired) electrons. The first-order chi connectivity index (χ1) is 10.3. The maximum Gasteiger partial charge on any atom is 0.325 e. The molecule has 0 spiro atoms. The van der Waals surface area contributed by atoms with Gasteiger partial charge in [0.05, 0.1) is 10.3 Å². The highest BCUT2D eigenvalue weighted by molar-refractivity contribution is 9.11. The molecule has 1 saturated heterocycles. The summed E-state index contributed by atoms with van der Waals surface area (Å²) in [5.74, 6) is 1.11. The van der Waals surface area contributed by atoms with Gasteiger partial charge in [0, 0.05) is 10.4 Å². The predicted octanol–water partition coefficient (Wildman–Crippen LogP) is 3.69. The summed E-state index contributed by atoms with van der Waals surface area (Å²) in [6.45, 7) is 5.61. The van der Waals surface area contributed by atoms with Gasteiger partial charge in [-0.25, -0.2) is 4.79 Å². The minimum atomic E-state index is -1.08. The third-order valence-corrected chi connectivity index (χ3v) is 5.41. The van der Waals surface area contributed by atoms with E-state index in [-0.39, 0.29) is 18.5 Å². The van der Waals surface area contributed by atoms with E-state index < -0.39 is 5.54 Å². The van der Waals surface area contributed by atoms with E-state index in [0.29, 0.717) is 11.3 Å². The predicted molar refractivity (Wildman–Crippen MR) is 86.6 cm³/mol. The lowest BCUT2D eigenvalue weighted by Gasteiger charge is -2.21. The van der Waals surface area contributed by atoms with Gasteiger partial charge >= 0.3 is 6.03 Å². The van der Waals surface area contributed by atoms with Crippen LogP contribution in [0.25, 0.3) is 0 Å². The highest BCUT2D eigenvalue weighted by atomic mass is 79.9. The molecule has 2 aromatic rings. The van der Waals surface area contributed by atoms with Gasteiger partial charge in [0.15, 0.2) is 0 Å². The van der Waals surface area contributed by atoms with Gasteiger partial charge in [-0.2, -0.15) is 0 Å². The Morgan fingerprint density at radius 2 is 2.09 bits per heavy atom. The molecular formula is C15H15BrN2O3S. The summed E-state index contributed by atoms with van der Waals surface area (Å²) < 4.78 is 6.48. The number of aryl methyl sites for hydroxylation is 2. The van der Waals surface area contributed by atoms with Crippen LogP contribution in [0.5, 0.6) is 0 Å². The van der Waals surface area contributed by atoms with Gasteiger partial charge in [0.25, 0.3) is 5.91 Å². The molecule has 0 bridgehead atoms. The molecule has 3 rings (SSSR count). The summed E-state index contributed by atoms with van der Waals surface area (Å²) in [6.07, 6.45) is 0. The number of carbonyl (C=O) groups excluding carboxylic acids is 2. The average molecular weight is 383 g/mol. The Bertz CT molecular complexity index is 767. The van der Waals surface area contributed by atoms with Gasteiger partial charge < -0.3 is 9.73 Å². The normalized spacial score (nSPS) is 21.5. The lowest BCUT2D eigenvalue weighted by atomic mass is 9.92. The standard InChI is InChI=1S/C15H15BrN2O3S/c1-8-6-11(9(2)21-8)15(3)13(19)18(14(20)17-15)7-10-4-5-12(16)22-10/h4-6H,7H2,1-3H3,(H,17,20)/t15-/m0/s1. The number of thiophene rings is 1. The van der Waals surface area contributed by atoms with Gasteiger partial charge in [-0.1, -0.05) is 0 Å². The molecule has 1 aliphatic heterocycles. The first kappa shape index (κ1) is 15.3. The number of urea groups is 1. The fourth-order valence-corrected chi connectivity index (χ4v) is 4.22. The second-order valence-corrected chi connectivity index (χ2v) is 8.03.